The lowest BCUT2D eigenvalue weighted by molar-refractivity contribution is -0.137. The van der Waals surface area contributed by atoms with Crippen molar-refractivity contribution >= 4 is 17.5 Å². The quantitative estimate of drug-likeness (QED) is 0.452. The highest BCUT2D eigenvalue weighted by molar-refractivity contribution is 6.03. The number of nitrogens with zero attached hydrogens (tertiary/aromatic N) is 3. The number of hydrogen-bond acceptors (Lipinski definition) is 4. The maximum Gasteiger partial charge on any atom is 0.416 e. The monoisotopic (exact) mass is 465 g/mol. The Kier molecular flexibility index (Phi) is 6.13. The van der Waals surface area contributed by atoms with Crippen LogP contribution in [0.4, 0.5) is 18.9 Å². The lowest BCUT2D eigenvalue weighted by Crippen LogP contribution is -2.19. The first kappa shape index (κ1) is 22.7. The second-order valence-electron chi connectivity index (χ2n) is 7.20. The highest BCUT2D eigenvalue weighted by Gasteiger charge is 2.31. The normalized spacial score (nSPS) is 11.2. The van der Waals surface area contributed by atoms with E-state index in [-0.39, 0.29) is 23.2 Å². The third kappa shape index (κ3) is 4.80. The summed E-state index contributed by atoms with van der Waals surface area (Å²) in [6.07, 6.45) is -4.54. The fourth-order valence-electron chi connectivity index (χ4n) is 3.25. The number of amides is 2. The molecule has 1 heterocycles. The van der Waals surface area contributed by atoms with E-state index in [9.17, 15) is 22.8 Å². The van der Waals surface area contributed by atoms with Crippen LogP contribution in [0.25, 0.3) is 17.1 Å². The maximum absolute atomic E-state index is 13.3. The van der Waals surface area contributed by atoms with Crippen molar-refractivity contribution in [2.24, 2.45) is 0 Å². The first-order chi connectivity index (χ1) is 16.3. The Bertz CT molecular complexity index is 1350. The Morgan fingerprint density at radius 1 is 0.882 bits per heavy atom. The van der Waals surface area contributed by atoms with Crippen molar-refractivity contribution in [1.29, 1.82) is 0 Å². The van der Waals surface area contributed by atoms with E-state index in [1.54, 1.807) is 48.5 Å². The number of rotatable bonds is 5. The van der Waals surface area contributed by atoms with E-state index < -0.39 is 17.6 Å². The van der Waals surface area contributed by atoms with Crippen LogP contribution >= 0.6 is 0 Å². The molecule has 10 heteroatoms. The first-order valence-electron chi connectivity index (χ1n) is 10.1. The van der Waals surface area contributed by atoms with E-state index in [4.69, 9.17) is 0 Å². The largest absolute Gasteiger partial charge is 0.416 e. The van der Waals surface area contributed by atoms with E-state index in [0.717, 1.165) is 12.1 Å². The minimum Gasteiger partial charge on any atom is -0.355 e. The average molecular weight is 465 g/mol. The molecule has 0 saturated heterocycles. The fourth-order valence-corrected chi connectivity index (χ4v) is 3.25. The van der Waals surface area contributed by atoms with Crippen LogP contribution in [-0.2, 0) is 6.18 Å². The number of anilines is 1. The van der Waals surface area contributed by atoms with E-state index in [1.807, 2.05) is 0 Å². The van der Waals surface area contributed by atoms with Crippen molar-refractivity contribution in [2.75, 3.05) is 12.4 Å². The van der Waals surface area contributed by atoms with Crippen LogP contribution in [0, 0.1) is 0 Å². The molecule has 3 aromatic carbocycles. The molecule has 0 aliphatic carbocycles. The number of benzene rings is 3. The molecule has 0 bridgehead atoms. The van der Waals surface area contributed by atoms with Gasteiger partial charge < -0.3 is 10.6 Å². The van der Waals surface area contributed by atoms with Gasteiger partial charge in [-0.1, -0.05) is 42.5 Å². The average Bonchev–Trinajstić information content (AvgIpc) is 3.30. The predicted molar refractivity (Wildman–Crippen MR) is 120 cm³/mol. The fraction of sp³-hybridized carbons (Fsp3) is 0.0833. The van der Waals surface area contributed by atoms with Gasteiger partial charge in [-0.25, -0.2) is 9.67 Å². The van der Waals surface area contributed by atoms with Crippen LogP contribution in [0.3, 0.4) is 0 Å². The van der Waals surface area contributed by atoms with Crippen LogP contribution in [0.15, 0.2) is 78.9 Å². The molecule has 4 rings (SSSR count). The number of carbonyl (C=O) groups is 2. The molecular weight excluding hydrogens is 447 g/mol. The van der Waals surface area contributed by atoms with Crippen molar-refractivity contribution in [3.63, 3.8) is 0 Å². The van der Waals surface area contributed by atoms with E-state index in [0.29, 0.717) is 16.8 Å². The molecule has 0 unspecified atom stereocenters. The summed E-state index contributed by atoms with van der Waals surface area (Å²) < 4.78 is 41.0. The minimum absolute atomic E-state index is 0.0989. The highest BCUT2D eigenvalue weighted by Crippen LogP contribution is 2.31. The van der Waals surface area contributed by atoms with Crippen molar-refractivity contribution < 1.29 is 22.8 Å². The minimum atomic E-state index is -4.54. The van der Waals surface area contributed by atoms with Crippen LogP contribution in [-0.4, -0.2) is 33.6 Å². The molecule has 34 heavy (non-hydrogen) atoms. The molecule has 0 aliphatic heterocycles. The van der Waals surface area contributed by atoms with Gasteiger partial charge in [-0.15, -0.1) is 5.10 Å². The second kappa shape index (κ2) is 9.18. The Morgan fingerprint density at radius 2 is 1.62 bits per heavy atom. The molecule has 0 radical (unpaired) electrons. The van der Waals surface area contributed by atoms with E-state index in [2.05, 4.69) is 20.7 Å². The third-order valence-electron chi connectivity index (χ3n) is 4.87. The summed E-state index contributed by atoms with van der Waals surface area (Å²) in [6.45, 7) is 0. The zero-order chi connectivity index (χ0) is 24.3. The Balaban J connectivity index is 1.73. The van der Waals surface area contributed by atoms with Gasteiger partial charge in [-0.05, 0) is 36.4 Å². The highest BCUT2D eigenvalue weighted by atomic mass is 19.4. The molecule has 0 aliphatic rings. The van der Waals surface area contributed by atoms with E-state index >= 15 is 0 Å². The third-order valence-corrected chi connectivity index (χ3v) is 4.87. The number of carbonyl (C=O) groups excluding carboxylic acids is 2. The molecule has 2 N–H and O–H groups in total. The summed E-state index contributed by atoms with van der Waals surface area (Å²) >= 11 is 0. The molecule has 7 nitrogen and oxygen atoms in total. The molecule has 0 saturated carbocycles. The van der Waals surface area contributed by atoms with Crippen molar-refractivity contribution in [2.45, 2.75) is 6.18 Å². The number of halogens is 3. The van der Waals surface area contributed by atoms with Gasteiger partial charge in [-0.3, -0.25) is 9.59 Å². The topological polar surface area (TPSA) is 88.9 Å². The molecule has 0 atom stereocenters. The van der Waals surface area contributed by atoms with Gasteiger partial charge in [0, 0.05) is 23.9 Å². The summed E-state index contributed by atoms with van der Waals surface area (Å²) in [5, 5.41) is 9.31. The lowest BCUT2D eigenvalue weighted by Gasteiger charge is -2.10. The molecule has 1 aromatic heterocycles. The lowest BCUT2D eigenvalue weighted by atomic mass is 10.2. The summed E-state index contributed by atoms with van der Waals surface area (Å²) in [5.74, 6) is -1.06. The Hall–Kier alpha value is -4.47. The molecule has 172 valence electrons. The first-order valence-corrected chi connectivity index (χ1v) is 10.1. The van der Waals surface area contributed by atoms with Gasteiger partial charge in [0.2, 0.25) is 5.82 Å². The van der Waals surface area contributed by atoms with Crippen LogP contribution in [0.2, 0.25) is 0 Å². The number of nitrogens with one attached hydrogen (secondary N) is 2. The molecule has 0 spiro atoms. The summed E-state index contributed by atoms with van der Waals surface area (Å²) in [4.78, 5) is 29.0. The zero-order valence-electron chi connectivity index (χ0n) is 17.8. The Morgan fingerprint density at radius 3 is 2.32 bits per heavy atom. The standard InChI is InChI=1S/C24H18F3N5O2/c1-28-22(33)16-9-5-11-18(13-16)29-23(34)20-30-21(15-7-3-2-4-8-15)32(31-20)19-12-6-10-17(14-19)24(25,26)27/h2-14H,1H3,(H,28,33)(H,29,34). The summed E-state index contributed by atoms with van der Waals surface area (Å²) in [5.41, 5.74) is 0.488. The predicted octanol–water partition coefficient (Wildman–Crippen LogP) is 4.57. The summed E-state index contributed by atoms with van der Waals surface area (Å²) in [6, 6.07) is 19.6. The molecule has 0 fully saturated rings. The SMILES string of the molecule is CNC(=O)c1cccc(NC(=O)c2nc(-c3ccccc3)n(-c3cccc(C(F)(F)F)c3)n2)c1. The number of hydrogen-bond donors (Lipinski definition) is 2. The zero-order valence-corrected chi connectivity index (χ0v) is 17.8. The smallest absolute Gasteiger partial charge is 0.355 e. The van der Waals surface area contributed by atoms with Crippen LogP contribution < -0.4 is 10.6 Å². The van der Waals surface area contributed by atoms with Gasteiger partial charge in [0.25, 0.3) is 11.8 Å². The van der Waals surface area contributed by atoms with Crippen molar-refractivity contribution in [3.8, 4) is 17.1 Å². The molecule has 2 amide bonds. The number of alkyl halides is 3. The van der Waals surface area contributed by atoms with Gasteiger partial charge in [-0.2, -0.15) is 13.2 Å². The van der Waals surface area contributed by atoms with Crippen LogP contribution in [0.1, 0.15) is 26.5 Å². The number of aromatic nitrogens is 3. The van der Waals surface area contributed by atoms with Gasteiger partial charge in [0.15, 0.2) is 5.82 Å². The maximum atomic E-state index is 13.3. The summed E-state index contributed by atoms with van der Waals surface area (Å²) in [7, 11) is 1.49. The Labute approximate surface area is 192 Å². The van der Waals surface area contributed by atoms with Crippen molar-refractivity contribution in [1.82, 2.24) is 20.1 Å². The molecule has 4 aromatic rings. The van der Waals surface area contributed by atoms with Gasteiger partial charge >= 0.3 is 6.18 Å². The van der Waals surface area contributed by atoms with E-state index in [1.165, 1.54) is 29.9 Å². The van der Waals surface area contributed by atoms with Crippen LogP contribution in [0.5, 0.6) is 0 Å². The van der Waals surface area contributed by atoms with Gasteiger partial charge in [0.1, 0.15) is 0 Å². The van der Waals surface area contributed by atoms with Crippen molar-refractivity contribution in [3.05, 3.63) is 95.8 Å². The molecular formula is C24H18F3N5O2. The van der Waals surface area contributed by atoms with Gasteiger partial charge in [0.05, 0.1) is 11.3 Å². The second-order valence-corrected chi connectivity index (χ2v) is 7.20.